The minimum atomic E-state index is -2.44. The van der Waals surface area contributed by atoms with Crippen molar-refractivity contribution in [1.29, 1.82) is 0 Å². The Kier molecular flexibility index (Phi) is 22.9. The molecule has 0 aromatic rings. The first-order chi connectivity index (χ1) is 32.3. The zero-order chi connectivity index (χ0) is 50.3. The number of rotatable bonds is 9. The van der Waals surface area contributed by atoms with Crippen LogP contribution in [0.4, 0.5) is 0 Å². The summed E-state index contributed by atoms with van der Waals surface area (Å²) >= 11 is 0. The van der Waals surface area contributed by atoms with E-state index in [1.54, 1.807) is 41.1 Å². The fourth-order valence-electron chi connectivity index (χ4n) is 10.5. The lowest BCUT2D eigenvalue weighted by Gasteiger charge is -2.42. The zero-order valence-electron chi connectivity index (χ0n) is 42.4. The molecule has 0 spiro atoms. The van der Waals surface area contributed by atoms with Gasteiger partial charge in [0.25, 0.3) is 11.7 Å². The molecular formula is C53H83NO14. The predicted molar refractivity (Wildman–Crippen MR) is 256 cm³/mol. The number of fused-ring (bicyclic) bond motifs is 3. The molecule has 1 aliphatic carbocycles. The van der Waals surface area contributed by atoms with Gasteiger partial charge < -0.3 is 48.6 Å². The van der Waals surface area contributed by atoms with Crippen molar-refractivity contribution in [2.45, 2.75) is 180 Å². The second-order valence-corrected chi connectivity index (χ2v) is 20.1. The third-order valence-electron chi connectivity index (χ3n) is 14.9. The van der Waals surface area contributed by atoms with Crippen molar-refractivity contribution < 1.29 is 67.7 Å². The Balaban J connectivity index is 1.73. The third kappa shape index (κ3) is 15.3. The first-order valence-electron chi connectivity index (χ1n) is 25.0. The third-order valence-corrected chi connectivity index (χ3v) is 14.9. The molecule has 2 bridgehead atoms. The fraction of sp³-hybridized carbons (Fsp3) is 0.755. The summed E-state index contributed by atoms with van der Waals surface area (Å²) in [5, 5.41) is 33.0. The summed E-state index contributed by atoms with van der Waals surface area (Å²) in [6.07, 6.45) is 11.9. The number of hydrogen-bond acceptors (Lipinski definition) is 14. The van der Waals surface area contributed by atoms with Gasteiger partial charge >= 0.3 is 5.97 Å². The maximum Gasteiger partial charge on any atom is 0.329 e. The molecule has 15 heteroatoms. The second-order valence-electron chi connectivity index (χ2n) is 20.1. The number of allylic oxidation sites excluding steroid dienone is 6. The number of methoxy groups -OCH3 is 3. The van der Waals surface area contributed by atoms with Crippen molar-refractivity contribution in [2.24, 2.45) is 35.5 Å². The Morgan fingerprint density at radius 1 is 0.868 bits per heavy atom. The summed E-state index contributed by atoms with van der Waals surface area (Å²) < 4.78 is 35.7. The number of carbonyl (C=O) groups is 5. The average molecular weight is 958 g/mol. The van der Waals surface area contributed by atoms with Crippen LogP contribution in [-0.4, -0.2) is 145 Å². The molecule has 15 nitrogen and oxygen atoms in total. The molecule has 0 aromatic heterocycles. The van der Waals surface area contributed by atoms with Crippen LogP contribution in [0, 0.1) is 35.5 Å². The van der Waals surface area contributed by atoms with Crippen LogP contribution in [0.1, 0.15) is 126 Å². The summed E-state index contributed by atoms with van der Waals surface area (Å²) in [5.74, 6) is -8.31. The lowest BCUT2D eigenvalue weighted by molar-refractivity contribution is -0.265. The van der Waals surface area contributed by atoms with Crippen LogP contribution in [0.25, 0.3) is 0 Å². The normalized spacial score (nSPS) is 39.2. The van der Waals surface area contributed by atoms with Crippen molar-refractivity contribution in [3.8, 4) is 0 Å². The number of carbonyl (C=O) groups excluding carboxylic acids is 5. The van der Waals surface area contributed by atoms with Gasteiger partial charge in [0.15, 0.2) is 5.78 Å². The average Bonchev–Trinajstić information content (AvgIpc) is 3.32. The zero-order valence-corrected chi connectivity index (χ0v) is 42.4. The van der Waals surface area contributed by atoms with Gasteiger partial charge in [0.2, 0.25) is 5.79 Å². The lowest BCUT2D eigenvalue weighted by atomic mass is 9.77. The van der Waals surface area contributed by atoms with Crippen LogP contribution < -0.4 is 0 Å². The Hall–Kier alpha value is -3.41. The van der Waals surface area contributed by atoms with Gasteiger partial charge in [-0.25, -0.2) is 4.79 Å². The number of Topliss-reactive ketones (excluding diaryl/α,β-unsaturated/α-hetero) is 3. The monoisotopic (exact) mass is 958 g/mol. The Morgan fingerprint density at radius 2 is 1.60 bits per heavy atom. The summed E-state index contributed by atoms with van der Waals surface area (Å²) in [4.78, 5) is 72.3. The van der Waals surface area contributed by atoms with Crippen LogP contribution >= 0.6 is 0 Å². The van der Waals surface area contributed by atoms with E-state index in [0.717, 1.165) is 12.0 Å². The van der Waals surface area contributed by atoms with E-state index in [2.05, 4.69) is 0 Å². The van der Waals surface area contributed by atoms with Crippen molar-refractivity contribution in [1.82, 2.24) is 4.90 Å². The summed E-state index contributed by atoms with van der Waals surface area (Å²) in [5.41, 5.74) is 1.25. The Labute approximate surface area is 405 Å². The highest BCUT2D eigenvalue weighted by molar-refractivity contribution is 6.39. The number of piperidine rings is 1. The van der Waals surface area contributed by atoms with Gasteiger partial charge in [-0.1, -0.05) is 71.1 Å². The number of esters is 1. The molecule has 3 N–H and O–H groups in total. The molecule has 1 saturated carbocycles. The number of hydrogen-bond donors (Lipinski definition) is 3. The molecule has 68 heavy (non-hydrogen) atoms. The second kappa shape index (κ2) is 27.3. The fourth-order valence-corrected chi connectivity index (χ4v) is 10.5. The molecule has 1 amide bonds. The number of cyclic esters (lactones) is 1. The van der Waals surface area contributed by atoms with E-state index in [1.165, 1.54) is 12.0 Å². The number of amides is 1. The first kappa shape index (κ1) is 57.2. The number of nitrogens with zero attached hydrogens (tertiary/aromatic N) is 1. The van der Waals surface area contributed by atoms with E-state index in [1.807, 2.05) is 58.1 Å². The molecule has 2 unspecified atom stereocenters. The van der Waals surface area contributed by atoms with E-state index in [9.17, 15) is 39.3 Å². The highest BCUT2D eigenvalue weighted by atomic mass is 16.6. The molecule has 15 atom stereocenters. The number of ketones is 3. The van der Waals surface area contributed by atoms with Crippen LogP contribution in [-0.2, 0) is 52.4 Å². The van der Waals surface area contributed by atoms with Gasteiger partial charge in [-0.3, -0.25) is 19.2 Å². The Bertz CT molecular complexity index is 1810. The summed E-state index contributed by atoms with van der Waals surface area (Å²) in [7, 11) is 4.62. The summed E-state index contributed by atoms with van der Waals surface area (Å²) in [6.45, 7) is 12.7. The Morgan fingerprint density at radius 3 is 2.28 bits per heavy atom. The van der Waals surface area contributed by atoms with E-state index in [-0.39, 0.29) is 68.2 Å². The van der Waals surface area contributed by atoms with Gasteiger partial charge in [-0.2, -0.15) is 0 Å². The minimum absolute atomic E-state index is 0.0122. The molecule has 384 valence electrons. The minimum Gasteiger partial charge on any atom is -0.460 e. The SMILES string of the molecule is CO[C@H]1CCC(OCCO)[C@@H](C[C@@H](C)[C@@H]2CC(=O)[C@H](C)/C=C(\C)[C@@H](O)[C@@H](OC)C(=O)[C@@H](C)C[C@H](C)/C=C/C=C/C=C(\C)[C@@H](OC)C[C@@H]3CC[C@@H](C)[C@@](O)(O3)C(=O)C(=O)N3CCCCC3C(=O)O2)C1. The van der Waals surface area contributed by atoms with Gasteiger partial charge in [0.1, 0.15) is 30.1 Å². The van der Waals surface area contributed by atoms with Crippen molar-refractivity contribution in [2.75, 3.05) is 41.1 Å². The van der Waals surface area contributed by atoms with Gasteiger partial charge in [-0.05, 0) is 107 Å². The van der Waals surface area contributed by atoms with Crippen molar-refractivity contribution in [3.63, 3.8) is 0 Å². The van der Waals surface area contributed by atoms with E-state index in [4.69, 9.17) is 28.4 Å². The maximum absolute atomic E-state index is 14.5. The van der Waals surface area contributed by atoms with Crippen LogP contribution in [0.5, 0.6) is 0 Å². The standard InChI is InChI=1S/C53H83NO14/c1-32-16-12-11-13-17-33(2)45(64-9)30-41-20-19-38(7)53(62,68-41)50(59)51(60)54-23-15-14-18-42(54)52(61)67-46(35(4)28-39-29-40(63-8)21-22-44(39)66-25-24-55)31-43(56)34(3)27-37(6)48(58)49(65-10)47(57)36(5)26-32/h11-13,16-17,27,32,34-36,38-42,44-46,48-49,55,58,62H,14-15,18-26,28-31H2,1-10H3/b13-11+,16-12+,33-17+,37-27+/t32-,34-,35-,36+,38-,39+,40+,41+,42?,44?,45+,46+,48-,49+,53-/m1/s1. The number of aliphatic hydroxyl groups excluding tert-OH is 2. The topological polar surface area (TPSA) is 205 Å². The lowest BCUT2D eigenvalue weighted by Crippen LogP contribution is -2.61. The first-order valence-corrected chi connectivity index (χ1v) is 25.0. The van der Waals surface area contributed by atoms with Gasteiger partial charge in [0, 0.05) is 58.5 Å². The highest BCUT2D eigenvalue weighted by Gasteiger charge is 2.53. The highest BCUT2D eigenvalue weighted by Crippen LogP contribution is 2.38. The number of aliphatic hydroxyl groups is 3. The smallest absolute Gasteiger partial charge is 0.329 e. The molecule has 4 rings (SSSR count). The van der Waals surface area contributed by atoms with Gasteiger partial charge in [0.05, 0.1) is 37.6 Å². The maximum atomic E-state index is 14.5. The molecule has 3 heterocycles. The van der Waals surface area contributed by atoms with Crippen LogP contribution in [0.3, 0.4) is 0 Å². The van der Waals surface area contributed by atoms with Gasteiger partial charge in [-0.15, -0.1) is 0 Å². The quantitative estimate of drug-likeness (QED) is 0.134. The van der Waals surface area contributed by atoms with E-state index >= 15 is 0 Å². The van der Waals surface area contributed by atoms with Crippen molar-refractivity contribution in [3.05, 3.63) is 47.6 Å². The molecule has 0 aromatic carbocycles. The van der Waals surface area contributed by atoms with Crippen molar-refractivity contribution >= 4 is 29.2 Å². The van der Waals surface area contributed by atoms with Crippen LogP contribution in [0.2, 0.25) is 0 Å². The largest absolute Gasteiger partial charge is 0.460 e. The predicted octanol–water partition coefficient (Wildman–Crippen LogP) is 6.20. The molecule has 3 aliphatic heterocycles. The van der Waals surface area contributed by atoms with E-state index in [0.29, 0.717) is 63.4 Å². The molecule has 4 aliphatic rings. The molecular weight excluding hydrogens is 875 g/mol. The molecule has 3 fully saturated rings. The van der Waals surface area contributed by atoms with E-state index < -0.39 is 83.7 Å². The van der Waals surface area contributed by atoms with Crippen LogP contribution in [0.15, 0.2) is 47.6 Å². The summed E-state index contributed by atoms with van der Waals surface area (Å²) in [6, 6.07) is -1.16. The molecule has 2 saturated heterocycles. The molecule has 0 radical (unpaired) electrons. The number of ether oxygens (including phenoxy) is 6.